The highest BCUT2D eigenvalue weighted by molar-refractivity contribution is 9.10. The van der Waals surface area contributed by atoms with Gasteiger partial charge in [-0.15, -0.1) is 13.2 Å². The van der Waals surface area contributed by atoms with Gasteiger partial charge in [-0.1, -0.05) is 12.1 Å². The van der Waals surface area contributed by atoms with Gasteiger partial charge >= 0.3 is 12.1 Å². The van der Waals surface area contributed by atoms with Crippen molar-refractivity contribution in [2.24, 2.45) is 0 Å². The van der Waals surface area contributed by atoms with E-state index in [0.717, 1.165) is 16.7 Å². The SMILES string of the molecule is O=c1[nH]cc(Br)c(=O)n1Cc1ccc(OC(F)(F)F)cc1. The van der Waals surface area contributed by atoms with Gasteiger partial charge in [-0.3, -0.25) is 9.36 Å². The van der Waals surface area contributed by atoms with E-state index in [1.807, 2.05) is 0 Å². The molecule has 0 atom stereocenters. The summed E-state index contributed by atoms with van der Waals surface area (Å²) in [5, 5.41) is 0. The van der Waals surface area contributed by atoms with Crippen LogP contribution in [0, 0.1) is 0 Å². The maximum Gasteiger partial charge on any atom is 0.573 e. The fourth-order valence-electron chi connectivity index (χ4n) is 1.61. The number of ether oxygens (including phenoxy) is 1. The fraction of sp³-hybridized carbons (Fsp3) is 0.167. The smallest absolute Gasteiger partial charge is 0.406 e. The Bertz CT molecular complexity index is 750. The Balaban J connectivity index is 2.24. The van der Waals surface area contributed by atoms with Gasteiger partial charge in [-0.25, -0.2) is 4.79 Å². The molecule has 0 fully saturated rings. The lowest BCUT2D eigenvalue weighted by atomic mass is 10.2. The normalized spacial score (nSPS) is 11.4. The maximum atomic E-state index is 12.0. The first-order valence-corrected chi connectivity index (χ1v) is 6.38. The summed E-state index contributed by atoms with van der Waals surface area (Å²) in [4.78, 5) is 25.7. The quantitative estimate of drug-likeness (QED) is 0.908. The summed E-state index contributed by atoms with van der Waals surface area (Å²) in [7, 11) is 0. The minimum atomic E-state index is -4.76. The monoisotopic (exact) mass is 364 g/mol. The van der Waals surface area contributed by atoms with Crippen molar-refractivity contribution in [1.29, 1.82) is 0 Å². The second-order valence-electron chi connectivity index (χ2n) is 4.02. The number of rotatable bonds is 3. The average molecular weight is 365 g/mol. The summed E-state index contributed by atoms with van der Waals surface area (Å²) in [5.41, 5.74) is -0.664. The van der Waals surface area contributed by atoms with Crippen molar-refractivity contribution >= 4 is 15.9 Å². The summed E-state index contributed by atoms with van der Waals surface area (Å²) in [6.45, 7) is -0.0695. The molecule has 0 radical (unpaired) electrons. The van der Waals surface area contributed by atoms with Gasteiger partial charge in [0.05, 0.1) is 11.0 Å². The fourth-order valence-corrected chi connectivity index (χ4v) is 1.94. The number of halogens is 4. The van der Waals surface area contributed by atoms with Crippen molar-refractivity contribution in [2.75, 3.05) is 0 Å². The summed E-state index contributed by atoms with van der Waals surface area (Å²) in [6, 6.07) is 4.90. The molecule has 0 amide bonds. The zero-order valence-corrected chi connectivity index (χ0v) is 11.9. The molecule has 1 aromatic carbocycles. The molecular weight excluding hydrogens is 357 g/mol. The van der Waals surface area contributed by atoms with E-state index < -0.39 is 17.6 Å². The van der Waals surface area contributed by atoms with Gasteiger partial charge in [0.25, 0.3) is 5.56 Å². The molecule has 0 aliphatic rings. The van der Waals surface area contributed by atoms with E-state index in [-0.39, 0.29) is 16.8 Å². The van der Waals surface area contributed by atoms with Crippen LogP contribution >= 0.6 is 15.9 Å². The second kappa shape index (κ2) is 5.76. The van der Waals surface area contributed by atoms with E-state index in [9.17, 15) is 22.8 Å². The summed E-state index contributed by atoms with van der Waals surface area (Å²) in [5.74, 6) is -0.373. The third kappa shape index (κ3) is 3.97. The van der Waals surface area contributed by atoms with Gasteiger partial charge in [0.2, 0.25) is 0 Å². The highest BCUT2D eigenvalue weighted by atomic mass is 79.9. The van der Waals surface area contributed by atoms with Crippen molar-refractivity contribution in [1.82, 2.24) is 9.55 Å². The van der Waals surface area contributed by atoms with Crippen LogP contribution in [0.5, 0.6) is 5.75 Å². The number of alkyl halides is 3. The third-order valence-corrected chi connectivity index (χ3v) is 3.08. The molecule has 2 aromatic rings. The molecule has 1 aromatic heterocycles. The lowest BCUT2D eigenvalue weighted by Crippen LogP contribution is -2.35. The van der Waals surface area contributed by atoms with E-state index in [4.69, 9.17) is 0 Å². The Labute approximate surface area is 124 Å². The topological polar surface area (TPSA) is 64.1 Å². The number of hydrogen-bond donors (Lipinski definition) is 1. The van der Waals surface area contributed by atoms with Crippen molar-refractivity contribution in [3.8, 4) is 5.75 Å². The summed E-state index contributed by atoms with van der Waals surface area (Å²) >= 11 is 2.99. The Morgan fingerprint density at radius 3 is 2.38 bits per heavy atom. The molecule has 0 saturated carbocycles. The van der Waals surface area contributed by atoms with Crippen LogP contribution in [0.25, 0.3) is 0 Å². The second-order valence-corrected chi connectivity index (χ2v) is 4.88. The van der Waals surface area contributed by atoms with Crippen LogP contribution < -0.4 is 16.0 Å². The molecule has 9 heteroatoms. The molecule has 0 unspecified atom stereocenters. The molecule has 0 spiro atoms. The zero-order chi connectivity index (χ0) is 15.6. The van der Waals surface area contributed by atoms with Gasteiger partial charge in [-0.2, -0.15) is 0 Å². The minimum absolute atomic E-state index is 0.0695. The van der Waals surface area contributed by atoms with Crippen LogP contribution in [-0.2, 0) is 6.54 Å². The number of nitrogens with zero attached hydrogens (tertiary/aromatic N) is 1. The third-order valence-electron chi connectivity index (χ3n) is 2.51. The summed E-state index contributed by atoms with van der Waals surface area (Å²) in [6.07, 6.45) is -3.54. The highest BCUT2D eigenvalue weighted by Gasteiger charge is 2.30. The first kappa shape index (κ1) is 15.4. The lowest BCUT2D eigenvalue weighted by molar-refractivity contribution is -0.274. The van der Waals surface area contributed by atoms with Crippen molar-refractivity contribution in [2.45, 2.75) is 12.9 Å². The number of nitrogens with one attached hydrogen (secondary N) is 1. The molecule has 21 heavy (non-hydrogen) atoms. The molecule has 1 N–H and O–H groups in total. The first-order chi connectivity index (χ1) is 9.76. The molecule has 1 heterocycles. The lowest BCUT2D eigenvalue weighted by Gasteiger charge is -2.09. The average Bonchev–Trinajstić information content (AvgIpc) is 2.39. The van der Waals surface area contributed by atoms with Crippen LogP contribution in [-0.4, -0.2) is 15.9 Å². The first-order valence-electron chi connectivity index (χ1n) is 5.59. The minimum Gasteiger partial charge on any atom is -0.406 e. The maximum absolute atomic E-state index is 12.0. The largest absolute Gasteiger partial charge is 0.573 e. The number of H-pyrrole nitrogens is 1. The Kier molecular flexibility index (Phi) is 4.21. The number of aromatic nitrogens is 2. The Hall–Kier alpha value is -2.03. The highest BCUT2D eigenvalue weighted by Crippen LogP contribution is 2.22. The standard InChI is InChI=1S/C12H8BrF3N2O3/c13-9-5-17-11(20)18(10(9)19)6-7-1-3-8(4-2-7)21-12(14,15)16/h1-5H,6H2,(H,17,20). The van der Waals surface area contributed by atoms with Crippen LogP contribution in [0.4, 0.5) is 13.2 Å². The molecule has 112 valence electrons. The molecule has 5 nitrogen and oxygen atoms in total. The van der Waals surface area contributed by atoms with Crippen LogP contribution in [0.3, 0.4) is 0 Å². The van der Waals surface area contributed by atoms with Gasteiger partial charge in [0.1, 0.15) is 5.75 Å². The Morgan fingerprint density at radius 2 is 1.81 bits per heavy atom. The van der Waals surface area contributed by atoms with E-state index >= 15 is 0 Å². The predicted molar refractivity (Wildman–Crippen MR) is 71.2 cm³/mol. The number of aromatic amines is 1. The molecule has 0 aliphatic carbocycles. The zero-order valence-electron chi connectivity index (χ0n) is 10.3. The molecule has 0 aliphatic heterocycles. The predicted octanol–water partition coefficient (Wildman–Crippen LogP) is 2.25. The van der Waals surface area contributed by atoms with E-state index in [1.54, 1.807) is 0 Å². The molecule has 2 rings (SSSR count). The van der Waals surface area contributed by atoms with E-state index in [1.165, 1.54) is 18.3 Å². The van der Waals surface area contributed by atoms with Crippen LogP contribution in [0.15, 0.2) is 44.5 Å². The molecule has 0 saturated heterocycles. The van der Waals surface area contributed by atoms with Gasteiger partial charge in [0, 0.05) is 6.20 Å². The van der Waals surface area contributed by atoms with Crippen molar-refractivity contribution in [3.05, 3.63) is 61.3 Å². The summed E-state index contributed by atoms with van der Waals surface area (Å²) < 4.78 is 40.9. The van der Waals surface area contributed by atoms with Gasteiger partial charge < -0.3 is 9.72 Å². The van der Waals surface area contributed by atoms with Gasteiger partial charge in [0.15, 0.2) is 0 Å². The van der Waals surface area contributed by atoms with Crippen molar-refractivity contribution < 1.29 is 17.9 Å². The van der Waals surface area contributed by atoms with Gasteiger partial charge in [-0.05, 0) is 33.6 Å². The molecule has 0 bridgehead atoms. The number of hydrogen-bond acceptors (Lipinski definition) is 3. The van der Waals surface area contributed by atoms with Crippen LogP contribution in [0.1, 0.15) is 5.56 Å². The molecular formula is C12H8BrF3N2O3. The van der Waals surface area contributed by atoms with Crippen LogP contribution in [0.2, 0.25) is 0 Å². The van der Waals surface area contributed by atoms with E-state index in [2.05, 4.69) is 25.7 Å². The van der Waals surface area contributed by atoms with E-state index in [0.29, 0.717) is 5.56 Å². The van der Waals surface area contributed by atoms with Crippen molar-refractivity contribution in [3.63, 3.8) is 0 Å². The number of benzene rings is 1. The Morgan fingerprint density at radius 1 is 1.19 bits per heavy atom.